The van der Waals surface area contributed by atoms with Gasteiger partial charge in [-0.25, -0.2) is 8.78 Å². The molecule has 0 fully saturated rings. The van der Waals surface area contributed by atoms with E-state index in [4.69, 9.17) is 4.52 Å². The monoisotopic (exact) mass is 399 g/mol. The molecule has 152 valence electrons. The summed E-state index contributed by atoms with van der Waals surface area (Å²) in [4.78, 5) is 8.42. The number of aryl methyl sites for hydroxylation is 1. The Morgan fingerprint density at radius 2 is 1.90 bits per heavy atom. The number of guanidine groups is 1. The van der Waals surface area contributed by atoms with Crippen molar-refractivity contribution in [3.63, 3.8) is 0 Å². The molecule has 0 saturated heterocycles. The van der Waals surface area contributed by atoms with Gasteiger partial charge in [0.15, 0.2) is 11.8 Å². The number of aliphatic imine (C=N–C) groups is 1. The van der Waals surface area contributed by atoms with Crippen LogP contribution in [0.5, 0.6) is 0 Å². The third-order valence-electron chi connectivity index (χ3n) is 4.37. The Labute approximate surface area is 168 Å². The maximum Gasteiger partial charge on any atom is 0.257 e. The van der Waals surface area contributed by atoms with Crippen LogP contribution in [0.3, 0.4) is 0 Å². The van der Waals surface area contributed by atoms with Gasteiger partial charge in [0.2, 0.25) is 0 Å². The van der Waals surface area contributed by atoms with Crippen LogP contribution in [-0.2, 0) is 19.4 Å². The third kappa shape index (κ3) is 5.60. The Morgan fingerprint density at radius 3 is 2.59 bits per heavy atom. The van der Waals surface area contributed by atoms with E-state index in [1.165, 1.54) is 6.07 Å². The summed E-state index contributed by atoms with van der Waals surface area (Å²) >= 11 is 0. The minimum atomic E-state index is -0.471. The molecule has 0 spiro atoms. The van der Waals surface area contributed by atoms with Gasteiger partial charge in [-0.1, -0.05) is 24.2 Å². The molecule has 0 bridgehead atoms. The second kappa shape index (κ2) is 9.77. The number of benzene rings is 2. The van der Waals surface area contributed by atoms with E-state index in [0.717, 1.165) is 36.1 Å². The Bertz CT molecular complexity index is 969. The number of aromatic nitrogens is 2. The van der Waals surface area contributed by atoms with E-state index in [1.807, 2.05) is 31.2 Å². The van der Waals surface area contributed by atoms with E-state index in [9.17, 15) is 8.78 Å². The van der Waals surface area contributed by atoms with Gasteiger partial charge in [0.25, 0.3) is 5.89 Å². The number of rotatable bonds is 7. The van der Waals surface area contributed by atoms with Crippen LogP contribution in [0.25, 0.3) is 11.5 Å². The summed E-state index contributed by atoms with van der Waals surface area (Å²) < 4.78 is 32.2. The van der Waals surface area contributed by atoms with Crippen molar-refractivity contribution in [1.29, 1.82) is 0 Å². The largest absolute Gasteiger partial charge is 0.356 e. The van der Waals surface area contributed by atoms with Gasteiger partial charge in [0.1, 0.15) is 11.6 Å². The van der Waals surface area contributed by atoms with Gasteiger partial charge in [-0.2, -0.15) is 4.98 Å². The quantitative estimate of drug-likeness (QED) is 0.470. The van der Waals surface area contributed by atoms with Gasteiger partial charge >= 0.3 is 0 Å². The molecule has 3 aromatic rings. The fourth-order valence-corrected chi connectivity index (χ4v) is 2.73. The minimum absolute atomic E-state index is 0.141. The van der Waals surface area contributed by atoms with E-state index in [2.05, 4.69) is 25.8 Å². The molecule has 1 heterocycles. The summed E-state index contributed by atoms with van der Waals surface area (Å²) in [5.41, 5.74) is 2.25. The Hall–Kier alpha value is -3.29. The maximum absolute atomic E-state index is 13.7. The summed E-state index contributed by atoms with van der Waals surface area (Å²) in [6.45, 7) is 2.75. The summed E-state index contributed by atoms with van der Waals surface area (Å²) in [5, 5.41) is 10.0. The second-order valence-electron chi connectivity index (χ2n) is 6.40. The highest BCUT2D eigenvalue weighted by Gasteiger charge is 2.08. The number of nitrogens with zero attached hydrogens (tertiary/aromatic N) is 3. The zero-order valence-electron chi connectivity index (χ0n) is 16.4. The lowest BCUT2D eigenvalue weighted by atomic mass is 10.1. The van der Waals surface area contributed by atoms with Crippen molar-refractivity contribution in [3.8, 4) is 11.5 Å². The smallest absolute Gasteiger partial charge is 0.257 e. The lowest BCUT2D eigenvalue weighted by Crippen LogP contribution is -2.38. The van der Waals surface area contributed by atoms with Gasteiger partial charge < -0.3 is 15.2 Å². The average Bonchev–Trinajstić information content (AvgIpc) is 3.22. The van der Waals surface area contributed by atoms with Crippen molar-refractivity contribution in [2.45, 2.75) is 26.3 Å². The fourth-order valence-electron chi connectivity index (χ4n) is 2.73. The molecule has 0 amide bonds. The first kappa shape index (κ1) is 20.4. The van der Waals surface area contributed by atoms with E-state index >= 15 is 0 Å². The molecular formula is C21H23F2N5O. The highest BCUT2D eigenvalue weighted by Crippen LogP contribution is 2.18. The topological polar surface area (TPSA) is 75.3 Å². The normalized spacial score (nSPS) is 11.5. The predicted octanol–water partition coefficient (Wildman–Crippen LogP) is 3.48. The summed E-state index contributed by atoms with van der Waals surface area (Å²) in [6.07, 6.45) is 1.49. The highest BCUT2D eigenvalue weighted by molar-refractivity contribution is 5.79. The van der Waals surface area contributed by atoms with Crippen molar-refractivity contribution in [3.05, 3.63) is 71.1 Å². The molecule has 1 aromatic heterocycles. The van der Waals surface area contributed by atoms with Crippen molar-refractivity contribution >= 4 is 5.96 Å². The molecule has 3 rings (SSSR count). The first-order chi connectivity index (χ1) is 14.1. The van der Waals surface area contributed by atoms with E-state index in [1.54, 1.807) is 7.05 Å². The van der Waals surface area contributed by atoms with Crippen LogP contribution in [0.2, 0.25) is 0 Å². The van der Waals surface area contributed by atoms with Gasteiger partial charge in [-0.05, 0) is 42.3 Å². The molecule has 8 heteroatoms. The van der Waals surface area contributed by atoms with Crippen molar-refractivity contribution in [2.75, 3.05) is 13.6 Å². The summed E-state index contributed by atoms with van der Waals surface area (Å²) in [7, 11) is 1.63. The third-order valence-corrected chi connectivity index (χ3v) is 4.37. The van der Waals surface area contributed by atoms with Crippen LogP contribution in [0, 0.1) is 11.6 Å². The van der Waals surface area contributed by atoms with Crippen LogP contribution in [0.15, 0.2) is 52.0 Å². The summed E-state index contributed by atoms with van der Waals surface area (Å²) in [5.74, 6) is 0.789. The lowest BCUT2D eigenvalue weighted by Gasteiger charge is -2.12. The summed E-state index contributed by atoms with van der Waals surface area (Å²) in [6, 6.07) is 11.3. The van der Waals surface area contributed by atoms with Crippen LogP contribution in [0.1, 0.15) is 23.9 Å². The Kier molecular flexibility index (Phi) is 6.89. The molecule has 0 radical (unpaired) electrons. The first-order valence-corrected chi connectivity index (χ1v) is 9.39. The minimum Gasteiger partial charge on any atom is -0.356 e. The zero-order chi connectivity index (χ0) is 20.6. The van der Waals surface area contributed by atoms with Gasteiger partial charge in [-0.3, -0.25) is 4.99 Å². The molecule has 0 aliphatic heterocycles. The van der Waals surface area contributed by atoms with Gasteiger partial charge in [0, 0.05) is 37.7 Å². The fraction of sp³-hybridized carbons (Fsp3) is 0.286. The zero-order valence-corrected chi connectivity index (χ0v) is 16.4. The van der Waals surface area contributed by atoms with E-state index in [0.29, 0.717) is 24.2 Å². The van der Waals surface area contributed by atoms with E-state index < -0.39 is 11.6 Å². The Morgan fingerprint density at radius 1 is 1.10 bits per heavy atom. The van der Waals surface area contributed by atoms with Crippen molar-refractivity contribution in [2.24, 2.45) is 4.99 Å². The second-order valence-corrected chi connectivity index (χ2v) is 6.40. The predicted molar refractivity (Wildman–Crippen MR) is 107 cm³/mol. The number of halogens is 2. The van der Waals surface area contributed by atoms with Crippen LogP contribution in [0.4, 0.5) is 8.78 Å². The molecule has 29 heavy (non-hydrogen) atoms. The highest BCUT2D eigenvalue weighted by atomic mass is 19.1. The molecule has 0 unspecified atom stereocenters. The van der Waals surface area contributed by atoms with Crippen LogP contribution in [-0.4, -0.2) is 29.7 Å². The van der Waals surface area contributed by atoms with Gasteiger partial charge in [-0.15, -0.1) is 0 Å². The molecule has 2 N–H and O–H groups in total. The van der Waals surface area contributed by atoms with Crippen LogP contribution >= 0.6 is 0 Å². The first-order valence-electron chi connectivity index (χ1n) is 9.39. The number of hydrogen-bond acceptors (Lipinski definition) is 4. The molecule has 0 aliphatic rings. The van der Waals surface area contributed by atoms with Crippen molar-refractivity contribution < 1.29 is 13.3 Å². The van der Waals surface area contributed by atoms with E-state index in [-0.39, 0.29) is 12.1 Å². The average molecular weight is 399 g/mol. The molecular weight excluding hydrogens is 376 g/mol. The lowest BCUT2D eigenvalue weighted by molar-refractivity contribution is 0.423. The molecule has 6 nitrogen and oxygen atoms in total. The van der Waals surface area contributed by atoms with Gasteiger partial charge in [0.05, 0.1) is 0 Å². The van der Waals surface area contributed by atoms with Crippen molar-refractivity contribution in [1.82, 2.24) is 20.8 Å². The number of nitrogens with one attached hydrogen (secondary N) is 2. The maximum atomic E-state index is 13.7. The SMILES string of the molecule is CCc1noc(-c2ccc(CCNC(=NC)NCc3cc(F)ccc3F)cc2)n1. The molecule has 0 aliphatic carbocycles. The molecule has 0 atom stereocenters. The Balaban J connectivity index is 1.48. The van der Waals surface area contributed by atoms with Crippen LogP contribution < -0.4 is 10.6 Å². The molecule has 0 saturated carbocycles. The standard InChI is InChI=1S/C21H23F2N5O/c1-3-19-27-20(29-28-19)15-6-4-14(5-7-15)10-11-25-21(24-2)26-13-16-12-17(22)8-9-18(16)23/h4-9,12H,3,10-11,13H2,1-2H3,(H2,24,25,26). The molecule has 2 aromatic carbocycles. The number of hydrogen-bond donors (Lipinski definition) is 2.